The van der Waals surface area contributed by atoms with Crippen molar-refractivity contribution in [2.24, 2.45) is 0 Å². The summed E-state index contributed by atoms with van der Waals surface area (Å²) >= 11 is 11.1. The molecule has 134 valence electrons. The summed E-state index contributed by atoms with van der Waals surface area (Å²) in [5, 5.41) is 6.67. The van der Waals surface area contributed by atoms with Crippen LogP contribution in [0, 0.1) is 5.82 Å². The van der Waals surface area contributed by atoms with E-state index in [2.05, 4.69) is 15.5 Å². The molecule has 0 bridgehead atoms. The molecule has 0 fully saturated rings. The molecule has 7 heteroatoms. The van der Waals surface area contributed by atoms with Gasteiger partial charge in [0.05, 0.1) is 18.2 Å². The summed E-state index contributed by atoms with van der Waals surface area (Å²) in [6.07, 6.45) is 0. The van der Waals surface area contributed by atoms with Crippen molar-refractivity contribution in [1.29, 1.82) is 0 Å². The van der Waals surface area contributed by atoms with Gasteiger partial charge in [0.25, 0.3) is 0 Å². The van der Waals surface area contributed by atoms with Crippen molar-refractivity contribution in [2.75, 3.05) is 33.1 Å². The van der Waals surface area contributed by atoms with Crippen molar-refractivity contribution in [1.82, 2.24) is 10.2 Å². The molecule has 25 heavy (non-hydrogen) atoms. The summed E-state index contributed by atoms with van der Waals surface area (Å²) < 4.78 is 18.7. The number of para-hydroxylation sites is 1. The SMILES string of the molecule is COc1ccccc1C(CNC(=S)Nc1ccc(F)c(Cl)c1)N(C)C. The van der Waals surface area contributed by atoms with Crippen LogP contribution in [-0.4, -0.2) is 37.8 Å². The molecule has 0 aliphatic heterocycles. The number of thiocarbonyl (C=S) groups is 1. The van der Waals surface area contributed by atoms with E-state index in [0.717, 1.165) is 11.3 Å². The highest BCUT2D eigenvalue weighted by Gasteiger charge is 2.18. The van der Waals surface area contributed by atoms with Crippen LogP contribution in [0.15, 0.2) is 42.5 Å². The third-order valence-corrected chi connectivity index (χ3v) is 4.29. The van der Waals surface area contributed by atoms with E-state index in [4.69, 9.17) is 28.6 Å². The van der Waals surface area contributed by atoms with Crippen molar-refractivity contribution in [3.8, 4) is 5.75 Å². The first-order valence-electron chi connectivity index (χ1n) is 7.71. The lowest BCUT2D eigenvalue weighted by molar-refractivity contribution is 0.288. The molecule has 2 aromatic rings. The van der Waals surface area contributed by atoms with E-state index in [9.17, 15) is 4.39 Å². The highest BCUT2D eigenvalue weighted by atomic mass is 35.5. The largest absolute Gasteiger partial charge is 0.496 e. The molecule has 2 N–H and O–H groups in total. The second-order valence-corrected chi connectivity index (χ2v) is 6.50. The van der Waals surface area contributed by atoms with Gasteiger partial charge in [0.1, 0.15) is 11.6 Å². The van der Waals surface area contributed by atoms with Crippen molar-refractivity contribution >= 4 is 34.6 Å². The summed E-state index contributed by atoms with van der Waals surface area (Å²) in [6, 6.07) is 12.3. The average Bonchev–Trinajstić information content (AvgIpc) is 2.58. The van der Waals surface area contributed by atoms with E-state index in [-0.39, 0.29) is 11.1 Å². The average molecular weight is 382 g/mol. The quantitative estimate of drug-likeness (QED) is 0.737. The summed E-state index contributed by atoms with van der Waals surface area (Å²) in [6.45, 7) is 0.578. The molecule has 0 radical (unpaired) electrons. The number of halogens is 2. The Labute approximate surface area is 157 Å². The normalized spacial score (nSPS) is 11.9. The minimum Gasteiger partial charge on any atom is -0.496 e. The fraction of sp³-hybridized carbons (Fsp3) is 0.278. The smallest absolute Gasteiger partial charge is 0.170 e. The van der Waals surface area contributed by atoms with E-state index in [0.29, 0.717) is 17.3 Å². The van der Waals surface area contributed by atoms with Crippen LogP contribution in [0.1, 0.15) is 11.6 Å². The monoisotopic (exact) mass is 381 g/mol. The summed E-state index contributed by atoms with van der Waals surface area (Å²) in [7, 11) is 5.65. The zero-order chi connectivity index (χ0) is 18.4. The van der Waals surface area contributed by atoms with Crippen molar-refractivity contribution in [3.05, 3.63) is 58.9 Å². The molecule has 0 saturated heterocycles. The topological polar surface area (TPSA) is 36.5 Å². The number of ether oxygens (including phenoxy) is 1. The van der Waals surface area contributed by atoms with Crippen molar-refractivity contribution in [2.45, 2.75) is 6.04 Å². The van der Waals surface area contributed by atoms with Crippen molar-refractivity contribution < 1.29 is 9.13 Å². The Morgan fingerprint density at radius 3 is 2.64 bits per heavy atom. The first-order valence-corrected chi connectivity index (χ1v) is 8.50. The number of methoxy groups -OCH3 is 1. The van der Waals surface area contributed by atoms with Crippen molar-refractivity contribution in [3.63, 3.8) is 0 Å². The molecule has 4 nitrogen and oxygen atoms in total. The lowest BCUT2D eigenvalue weighted by atomic mass is 10.0. The van der Waals surface area contributed by atoms with Crippen LogP contribution in [-0.2, 0) is 0 Å². The second-order valence-electron chi connectivity index (χ2n) is 5.69. The van der Waals surface area contributed by atoms with Gasteiger partial charge in [-0.05, 0) is 50.6 Å². The van der Waals surface area contributed by atoms with E-state index < -0.39 is 5.82 Å². The Bertz CT molecular complexity index is 742. The van der Waals surface area contributed by atoms with Gasteiger partial charge in [-0.15, -0.1) is 0 Å². The maximum atomic E-state index is 13.2. The maximum Gasteiger partial charge on any atom is 0.170 e. The van der Waals surface area contributed by atoms with Gasteiger partial charge in [-0.2, -0.15) is 0 Å². The number of nitrogens with one attached hydrogen (secondary N) is 2. The Hall–Kier alpha value is -1.89. The fourth-order valence-corrected chi connectivity index (χ4v) is 2.83. The van der Waals surface area contributed by atoms with Crippen LogP contribution in [0.4, 0.5) is 10.1 Å². The summed E-state index contributed by atoms with van der Waals surface area (Å²) in [5.74, 6) is 0.363. The third kappa shape index (κ3) is 5.29. The van der Waals surface area contributed by atoms with Gasteiger partial charge in [0.15, 0.2) is 5.11 Å². The van der Waals surface area contributed by atoms with Gasteiger partial charge in [-0.25, -0.2) is 4.39 Å². The van der Waals surface area contributed by atoms with Crippen LogP contribution >= 0.6 is 23.8 Å². The molecule has 0 heterocycles. The van der Waals surface area contributed by atoms with Gasteiger partial charge < -0.3 is 20.3 Å². The van der Waals surface area contributed by atoms with E-state index >= 15 is 0 Å². The zero-order valence-electron chi connectivity index (χ0n) is 14.3. The van der Waals surface area contributed by atoms with Crippen LogP contribution < -0.4 is 15.4 Å². The molecule has 1 atom stereocenters. The Morgan fingerprint density at radius 2 is 2.00 bits per heavy atom. The molecule has 0 aliphatic carbocycles. The number of rotatable bonds is 6. The van der Waals surface area contributed by atoms with Crippen LogP contribution in [0.25, 0.3) is 0 Å². The third-order valence-electron chi connectivity index (χ3n) is 3.75. The van der Waals surface area contributed by atoms with E-state index in [1.165, 1.54) is 12.1 Å². The summed E-state index contributed by atoms with van der Waals surface area (Å²) in [5.41, 5.74) is 1.69. The standard InChI is InChI=1S/C18H21ClFN3OS/c1-23(2)16(13-6-4-5-7-17(13)24-3)11-21-18(25)22-12-8-9-15(20)14(19)10-12/h4-10,16H,11H2,1-3H3,(H2,21,22,25). The first kappa shape index (κ1) is 19.4. The number of benzene rings is 2. The van der Waals surface area contributed by atoms with Gasteiger partial charge in [-0.3, -0.25) is 0 Å². The number of hydrogen-bond acceptors (Lipinski definition) is 3. The predicted molar refractivity (Wildman–Crippen MR) is 105 cm³/mol. The first-order chi connectivity index (χ1) is 11.9. The molecular weight excluding hydrogens is 361 g/mol. The molecule has 0 spiro atoms. The van der Waals surface area contributed by atoms with E-state index in [1.54, 1.807) is 13.2 Å². The fourth-order valence-electron chi connectivity index (χ4n) is 2.45. The highest BCUT2D eigenvalue weighted by molar-refractivity contribution is 7.80. The number of likely N-dealkylation sites (N-methyl/N-ethyl adjacent to an activating group) is 1. The molecule has 2 rings (SSSR count). The Balaban J connectivity index is 2.03. The zero-order valence-corrected chi connectivity index (χ0v) is 15.9. The van der Waals surface area contributed by atoms with Gasteiger partial charge in [0.2, 0.25) is 0 Å². The van der Waals surface area contributed by atoms with Crippen LogP contribution in [0.3, 0.4) is 0 Å². The number of anilines is 1. The molecule has 0 aliphatic rings. The second kappa shape index (κ2) is 8.99. The Kier molecular flexibility index (Phi) is 6.99. The minimum atomic E-state index is -0.463. The van der Waals surface area contributed by atoms with Gasteiger partial charge in [-0.1, -0.05) is 29.8 Å². The maximum absolute atomic E-state index is 13.2. The molecule has 0 aromatic heterocycles. The van der Waals surface area contributed by atoms with E-state index in [1.807, 2.05) is 38.4 Å². The van der Waals surface area contributed by atoms with Crippen LogP contribution in [0.5, 0.6) is 5.75 Å². The minimum absolute atomic E-state index is 0.0491. The number of nitrogens with zero attached hydrogens (tertiary/aromatic N) is 1. The molecule has 2 aromatic carbocycles. The lowest BCUT2D eigenvalue weighted by Crippen LogP contribution is -2.36. The van der Waals surface area contributed by atoms with Crippen LogP contribution in [0.2, 0.25) is 5.02 Å². The number of hydrogen-bond donors (Lipinski definition) is 2. The lowest BCUT2D eigenvalue weighted by Gasteiger charge is -2.27. The molecular formula is C18H21ClFN3OS. The van der Waals surface area contributed by atoms with Gasteiger partial charge in [0, 0.05) is 17.8 Å². The molecule has 0 amide bonds. The predicted octanol–water partition coefficient (Wildman–Crippen LogP) is 4.08. The highest BCUT2D eigenvalue weighted by Crippen LogP contribution is 2.27. The summed E-state index contributed by atoms with van der Waals surface area (Å²) in [4.78, 5) is 2.09. The molecule has 0 saturated carbocycles. The van der Waals surface area contributed by atoms with Gasteiger partial charge >= 0.3 is 0 Å². The molecule has 1 unspecified atom stereocenters. The Morgan fingerprint density at radius 1 is 1.28 bits per heavy atom.